The summed E-state index contributed by atoms with van der Waals surface area (Å²) in [5.41, 5.74) is 1.20. The molecule has 1 aliphatic rings. The molecule has 4 heteroatoms. The highest BCUT2D eigenvalue weighted by molar-refractivity contribution is 7.61. The van der Waals surface area contributed by atoms with E-state index >= 15 is 0 Å². The first-order chi connectivity index (χ1) is 9.04. The summed E-state index contributed by atoms with van der Waals surface area (Å²) in [5.74, 6) is 0.690. The summed E-state index contributed by atoms with van der Waals surface area (Å²) in [6, 6.07) is 10.2. The van der Waals surface area contributed by atoms with E-state index < -0.39 is 10.5 Å². The summed E-state index contributed by atoms with van der Waals surface area (Å²) in [7, 11) is -2.29. The van der Waals surface area contributed by atoms with Crippen LogP contribution in [0.1, 0.15) is 45.1 Å². The van der Waals surface area contributed by atoms with Crippen molar-refractivity contribution in [3.63, 3.8) is 0 Å². The third kappa shape index (κ3) is 3.44. The first kappa shape index (κ1) is 14.3. The van der Waals surface area contributed by atoms with E-state index in [9.17, 15) is 8.42 Å². The van der Waals surface area contributed by atoms with Gasteiger partial charge in [0.15, 0.2) is 0 Å². The lowest BCUT2D eigenvalue weighted by Gasteiger charge is -2.17. The largest absolute Gasteiger partial charge is 0.311 e. The second kappa shape index (κ2) is 5.87. The number of benzene rings is 1. The SMILES string of the molecule is CC(C)CCCC1(c2ccccc2)CC1N=S(=O)=O. The van der Waals surface area contributed by atoms with Crippen LogP contribution in [0.2, 0.25) is 0 Å². The van der Waals surface area contributed by atoms with Gasteiger partial charge in [-0.1, -0.05) is 57.0 Å². The normalized spacial score (nSPS) is 25.3. The predicted octanol–water partition coefficient (Wildman–Crippen LogP) is 3.59. The zero-order valence-corrected chi connectivity index (χ0v) is 12.4. The van der Waals surface area contributed by atoms with Crippen LogP contribution in [0.25, 0.3) is 0 Å². The molecule has 0 amide bonds. The first-order valence-corrected chi connectivity index (χ1v) is 7.93. The molecule has 2 unspecified atom stereocenters. The van der Waals surface area contributed by atoms with Crippen molar-refractivity contribution in [1.82, 2.24) is 0 Å². The Morgan fingerprint density at radius 2 is 2.00 bits per heavy atom. The van der Waals surface area contributed by atoms with Crippen molar-refractivity contribution in [3.8, 4) is 0 Å². The summed E-state index contributed by atoms with van der Waals surface area (Å²) in [4.78, 5) is 0. The highest BCUT2D eigenvalue weighted by Crippen LogP contribution is 2.54. The fourth-order valence-electron chi connectivity index (χ4n) is 2.85. The van der Waals surface area contributed by atoms with Crippen LogP contribution in [0.5, 0.6) is 0 Å². The quantitative estimate of drug-likeness (QED) is 0.799. The first-order valence-electron chi connectivity index (χ1n) is 6.90. The van der Waals surface area contributed by atoms with E-state index in [1.165, 1.54) is 12.0 Å². The minimum atomic E-state index is -2.29. The monoisotopic (exact) mass is 279 g/mol. The summed E-state index contributed by atoms with van der Waals surface area (Å²) < 4.78 is 25.4. The maximum Gasteiger partial charge on any atom is 0.311 e. The van der Waals surface area contributed by atoms with Crippen molar-refractivity contribution in [2.75, 3.05) is 0 Å². The number of hydrogen-bond donors (Lipinski definition) is 0. The lowest BCUT2D eigenvalue weighted by atomic mass is 9.88. The Kier molecular flexibility index (Phi) is 4.40. The topological polar surface area (TPSA) is 46.5 Å². The Balaban J connectivity index is 2.15. The molecule has 0 heterocycles. The molecular formula is C15H21NO2S. The lowest BCUT2D eigenvalue weighted by molar-refractivity contribution is 0.485. The molecule has 0 N–H and O–H groups in total. The smallest absolute Gasteiger partial charge is 0.168 e. The second-order valence-electron chi connectivity index (χ2n) is 5.85. The van der Waals surface area contributed by atoms with Gasteiger partial charge < -0.3 is 0 Å². The van der Waals surface area contributed by atoms with Gasteiger partial charge in [0.05, 0.1) is 6.04 Å². The van der Waals surface area contributed by atoms with Crippen molar-refractivity contribution in [2.45, 2.75) is 51.0 Å². The van der Waals surface area contributed by atoms with Gasteiger partial charge in [-0.05, 0) is 24.3 Å². The Morgan fingerprint density at radius 3 is 2.58 bits per heavy atom. The van der Waals surface area contributed by atoms with Crippen LogP contribution in [0, 0.1) is 5.92 Å². The van der Waals surface area contributed by atoms with Gasteiger partial charge >= 0.3 is 10.5 Å². The molecule has 19 heavy (non-hydrogen) atoms. The molecule has 0 saturated heterocycles. The molecule has 3 nitrogen and oxygen atoms in total. The van der Waals surface area contributed by atoms with E-state index in [1.807, 2.05) is 18.2 Å². The molecule has 0 spiro atoms. The van der Waals surface area contributed by atoms with Gasteiger partial charge in [-0.3, -0.25) is 0 Å². The molecule has 2 rings (SSSR count). The standard InChI is InChI=1S/C15H21NO2S/c1-12(2)7-6-10-15(11-14(15)16-19(17)18)13-8-4-3-5-9-13/h3-5,8-9,12,14H,6-7,10-11H2,1-2H3. The molecule has 1 aromatic rings. The average Bonchev–Trinajstić information content (AvgIpc) is 3.03. The maximum absolute atomic E-state index is 10.8. The van der Waals surface area contributed by atoms with Gasteiger partial charge in [0.2, 0.25) is 0 Å². The van der Waals surface area contributed by atoms with Crippen molar-refractivity contribution >= 4 is 10.5 Å². The summed E-state index contributed by atoms with van der Waals surface area (Å²) in [6.07, 6.45) is 4.20. The van der Waals surface area contributed by atoms with Crippen molar-refractivity contribution in [1.29, 1.82) is 0 Å². The van der Waals surface area contributed by atoms with Gasteiger partial charge in [-0.2, -0.15) is 12.8 Å². The third-order valence-electron chi connectivity index (χ3n) is 4.00. The zero-order chi connectivity index (χ0) is 13.9. The summed E-state index contributed by atoms with van der Waals surface area (Å²) >= 11 is 0. The molecular weight excluding hydrogens is 258 g/mol. The molecule has 104 valence electrons. The highest BCUT2D eigenvalue weighted by atomic mass is 32.2. The third-order valence-corrected chi connectivity index (χ3v) is 4.43. The van der Waals surface area contributed by atoms with Crippen LogP contribution >= 0.6 is 0 Å². The number of hydrogen-bond acceptors (Lipinski definition) is 3. The number of nitrogens with zero attached hydrogens (tertiary/aromatic N) is 1. The summed E-state index contributed by atoms with van der Waals surface area (Å²) in [5, 5.41) is 0. The Labute approximate surface area is 116 Å². The minimum absolute atomic E-state index is 0.0315. The van der Waals surface area contributed by atoms with Gasteiger partial charge in [0.1, 0.15) is 0 Å². The fourth-order valence-corrected chi connectivity index (χ4v) is 3.33. The Hall–Kier alpha value is -1.16. The van der Waals surface area contributed by atoms with Gasteiger partial charge in [-0.25, -0.2) is 0 Å². The maximum atomic E-state index is 10.8. The van der Waals surface area contributed by atoms with E-state index in [4.69, 9.17) is 0 Å². The molecule has 0 radical (unpaired) electrons. The Bertz CT molecular complexity index is 543. The number of rotatable bonds is 6. The van der Waals surface area contributed by atoms with Crippen molar-refractivity contribution < 1.29 is 8.42 Å². The molecule has 2 atom stereocenters. The van der Waals surface area contributed by atoms with Crippen LogP contribution in [-0.4, -0.2) is 14.5 Å². The highest BCUT2D eigenvalue weighted by Gasteiger charge is 2.55. The van der Waals surface area contributed by atoms with E-state index in [-0.39, 0.29) is 11.5 Å². The molecule has 1 fully saturated rings. The van der Waals surface area contributed by atoms with Gasteiger partial charge in [0, 0.05) is 5.41 Å². The molecule has 0 bridgehead atoms. The van der Waals surface area contributed by atoms with Crippen LogP contribution in [0.4, 0.5) is 0 Å². The molecule has 1 aromatic carbocycles. The van der Waals surface area contributed by atoms with Crippen LogP contribution in [-0.2, 0) is 15.9 Å². The van der Waals surface area contributed by atoms with Crippen LogP contribution < -0.4 is 0 Å². The van der Waals surface area contributed by atoms with Crippen LogP contribution in [0.15, 0.2) is 34.7 Å². The second-order valence-corrected chi connectivity index (χ2v) is 6.50. The predicted molar refractivity (Wildman–Crippen MR) is 76.6 cm³/mol. The van der Waals surface area contributed by atoms with Crippen molar-refractivity contribution in [3.05, 3.63) is 35.9 Å². The minimum Gasteiger partial charge on any atom is -0.168 e. The van der Waals surface area contributed by atoms with E-state index in [1.54, 1.807) is 0 Å². The van der Waals surface area contributed by atoms with Gasteiger partial charge in [-0.15, -0.1) is 0 Å². The summed E-state index contributed by atoms with van der Waals surface area (Å²) in [6.45, 7) is 4.44. The molecule has 1 saturated carbocycles. The van der Waals surface area contributed by atoms with E-state index in [2.05, 4.69) is 30.3 Å². The molecule has 0 aliphatic heterocycles. The average molecular weight is 279 g/mol. The van der Waals surface area contributed by atoms with E-state index in [0.29, 0.717) is 5.92 Å². The molecule has 0 aromatic heterocycles. The fraction of sp³-hybridized carbons (Fsp3) is 0.600. The zero-order valence-electron chi connectivity index (χ0n) is 11.5. The van der Waals surface area contributed by atoms with Crippen LogP contribution in [0.3, 0.4) is 0 Å². The van der Waals surface area contributed by atoms with Gasteiger partial charge in [0.25, 0.3) is 0 Å². The van der Waals surface area contributed by atoms with Crippen molar-refractivity contribution in [2.24, 2.45) is 10.3 Å². The van der Waals surface area contributed by atoms with E-state index in [0.717, 1.165) is 19.3 Å². The lowest BCUT2D eigenvalue weighted by Crippen LogP contribution is -2.12. The Morgan fingerprint density at radius 1 is 1.32 bits per heavy atom. The molecule has 1 aliphatic carbocycles.